The Labute approximate surface area is 239 Å². The Balaban J connectivity index is 1.51. The van der Waals surface area contributed by atoms with Crippen LogP contribution in [-0.4, -0.2) is 55.3 Å². The number of esters is 1. The van der Waals surface area contributed by atoms with Gasteiger partial charge >= 0.3 is 5.97 Å². The number of hydrogen-bond acceptors (Lipinski definition) is 8. The van der Waals surface area contributed by atoms with Gasteiger partial charge < -0.3 is 19.0 Å². The average Bonchev–Trinajstić information content (AvgIpc) is 3.58. The number of benzene rings is 2. The summed E-state index contributed by atoms with van der Waals surface area (Å²) in [4.78, 5) is 37.1. The molecule has 10 heteroatoms. The Morgan fingerprint density at radius 2 is 1.80 bits per heavy atom. The summed E-state index contributed by atoms with van der Waals surface area (Å²) in [6.45, 7) is 5.50. The number of halogens is 1. The van der Waals surface area contributed by atoms with Gasteiger partial charge in [0.2, 0.25) is 0 Å². The van der Waals surface area contributed by atoms with Gasteiger partial charge in [0, 0.05) is 43.9 Å². The maximum Gasteiger partial charge on any atom is 0.338 e. The number of carbonyl (C=O) groups excluding carboxylic acids is 1. The third kappa shape index (κ3) is 5.28. The van der Waals surface area contributed by atoms with Gasteiger partial charge in [-0.25, -0.2) is 14.2 Å². The molecule has 0 N–H and O–H groups in total. The van der Waals surface area contributed by atoms with Crippen molar-refractivity contribution in [2.24, 2.45) is 4.99 Å². The van der Waals surface area contributed by atoms with E-state index in [1.807, 2.05) is 42.5 Å². The van der Waals surface area contributed by atoms with Gasteiger partial charge in [-0.3, -0.25) is 9.36 Å². The lowest BCUT2D eigenvalue weighted by Gasteiger charge is -2.32. The third-order valence-electron chi connectivity index (χ3n) is 7.26. The highest BCUT2D eigenvalue weighted by molar-refractivity contribution is 7.07. The lowest BCUT2D eigenvalue weighted by Crippen LogP contribution is -2.44. The molecule has 1 saturated heterocycles. The summed E-state index contributed by atoms with van der Waals surface area (Å²) in [7, 11) is 2.10. The molecule has 2 aromatic carbocycles. The van der Waals surface area contributed by atoms with Crippen molar-refractivity contribution in [2.45, 2.75) is 13.0 Å². The maximum absolute atomic E-state index is 14.0. The first-order chi connectivity index (χ1) is 19.9. The number of carbonyl (C=O) groups is 1. The van der Waals surface area contributed by atoms with Gasteiger partial charge in [0.1, 0.15) is 11.6 Å². The minimum absolute atomic E-state index is 0.152. The van der Waals surface area contributed by atoms with Gasteiger partial charge in [0.25, 0.3) is 5.56 Å². The summed E-state index contributed by atoms with van der Waals surface area (Å²) in [5.74, 6) is 0.314. The second-order valence-electron chi connectivity index (χ2n) is 9.95. The molecule has 41 heavy (non-hydrogen) atoms. The number of fused-ring (bicyclic) bond motifs is 1. The molecule has 0 amide bonds. The summed E-state index contributed by atoms with van der Waals surface area (Å²) in [5.41, 5.74) is 1.60. The highest BCUT2D eigenvalue weighted by Crippen LogP contribution is 2.35. The van der Waals surface area contributed by atoms with E-state index in [2.05, 4.69) is 16.8 Å². The summed E-state index contributed by atoms with van der Waals surface area (Å²) < 4.78 is 27.4. The van der Waals surface area contributed by atoms with Crippen LogP contribution < -0.4 is 19.8 Å². The topological polar surface area (TPSA) is 80.3 Å². The van der Waals surface area contributed by atoms with Crippen molar-refractivity contribution in [3.05, 3.63) is 115 Å². The van der Waals surface area contributed by atoms with Gasteiger partial charge in [-0.05, 0) is 37.7 Å². The molecule has 210 valence electrons. The van der Waals surface area contributed by atoms with E-state index >= 15 is 0 Å². The van der Waals surface area contributed by atoms with Crippen LogP contribution >= 0.6 is 11.3 Å². The van der Waals surface area contributed by atoms with E-state index in [-0.39, 0.29) is 17.7 Å². The molecule has 0 radical (unpaired) electrons. The number of nitrogens with zero attached hydrogens (tertiary/aromatic N) is 4. The van der Waals surface area contributed by atoms with Crippen molar-refractivity contribution in [3.8, 4) is 0 Å². The molecule has 2 aliphatic rings. The van der Waals surface area contributed by atoms with Crippen molar-refractivity contribution >= 4 is 35.0 Å². The number of furan rings is 1. The Hall–Kier alpha value is -4.28. The smallest absolute Gasteiger partial charge is 0.338 e. The fourth-order valence-corrected chi connectivity index (χ4v) is 6.13. The molecule has 1 unspecified atom stereocenters. The van der Waals surface area contributed by atoms with Gasteiger partial charge in [0.05, 0.1) is 28.5 Å². The van der Waals surface area contributed by atoms with Gasteiger partial charge in [0.15, 0.2) is 10.7 Å². The summed E-state index contributed by atoms with van der Waals surface area (Å²) in [6.07, 6.45) is 1.71. The molecule has 4 heterocycles. The number of ether oxygens (including phenoxy) is 1. The highest BCUT2D eigenvalue weighted by atomic mass is 32.1. The first kappa shape index (κ1) is 26.9. The van der Waals surface area contributed by atoms with Crippen LogP contribution in [0.25, 0.3) is 11.8 Å². The van der Waals surface area contributed by atoms with Crippen molar-refractivity contribution in [2.75, 3.05) is 44.7 Å². The zero-order chi connectivity index (χ0) is 28.5. The SMILES string of the molecule is CCOC(=O)C1=C(c2ccccc2)N=c2sc(=Cc3ccc(N4CCN(C)CC4)o3)c(=O)n2C1c1ccc(F)cc1. The van der Waals surface area contributed by atoms with Crippen LogP contribution in [0.15, 0.2) is 86.5 Å². The third-order valence-corrected chi connectivity index (χ3v) is 8.24. The number of likely N-dealkylation sites (N-methyl/N-ethyl adjacent to an activating group) is 1. The van der Waals surface area contributed by atoms with Crippen molar-refractivity contribution in [1.29, 1.82) is 0 Å². The molecule has 0 aliphatic carbocycles. The predicted octanol–water partition coefficient (Wildman–Crippen LogP) is 3.42. The lowest BCUT2D eigenvalue weighted by atomic mass is 9.93. The quantitative estimate of drug-likeness (QED) is 0.330. The fourth-order valence-electron chi connectivity index (χ4n) is 5.15. The second kappa shape index (κ2) is 11.3. The van der Waals surface area contributed by atoms with Crippen LogP contribution in [0, 0.1) is 5.82 Å². The van der Waals surface area contributed by atoms with E-state index in [9.17, 15) is 14.0 Å². The average molecular weight is 573 g/mol. The Kier molecular flexibility index (Phi) is 7.42. The molecule has 1 atom stereocenters. The Morgan fingerprint density at radius 1 is 1.07 bits per heavy atom. The molecule has 8 nitrogen and oxygen atoms in total. The van der Waals surface area contributed by atoms with E-state index in [0.29, 0.717) is 31.9 Å². The first-order valence-corrected chi connectivity index (χ1v) is 14.3. The predicted molar refractivity (Wildman–Crippen MR) is 156 cm³/mol. The van der Waals surface area contributed by atoms with Crippen LogP contribution in [0.1, 0.15) is 29.9 Å². The maximum atomic E-state index is 14.0. The standard InChI is InChI=1S/C31H29FN4O4S/c1-3-39-30(38)26-27(20-7-5-4-6-8-20)33-31-36(28(26)21-9-11-22(32)12-10-21)29(37)24(41-31)19-23-13-14-25(40-23)35-17-15-34(2)16-18-35/h4-14,19,28H,3,15-18H2,1-2H3. The number of anilines is 1. The summed E-state index contributed by atoms with van der Waals surface area (Å²) in [6, 6.07) is 18.0. The number of rotatable bonds is 6. The largest absolute Gasteiger partial charge is 0.463 e. The van der Waals surface area contributed by atoms with E-state index < -0.39 is 17.8 Å². The number of aromatic nitrogens is 1. The molecular formula is C31H29FN4O4S. The highest BCUT2D eigenvalue weighted by Gasteiger charge is 2.35. The van der Waals surface area contributed by atoms with Crippen molar-refractivity contribution in [1.82, 2.24) is 9.47 Å². The number of thiazole rings is 1. The Morgan fingerprint density at radius 3 is 2.51 bits per heavy atom. The Bertz CT molecular complexity index is 1780. The zero-order valence-corrected chi connectivity index (χ0v) is 23.6. The van der Waals surface area contributed by atoms with Crippen molar-refractivity contribution in [3.63, 3.8) is 0 Å². The van der Waals surface area contributed by atoms with E-state index in [1.165, 1.54) is 28.0 Å². The molecule has 2 aliphatic heterocycles. The molecule has 0 saturated carbocycles. The van der Waals surface area contributed by atoms with Crippen LogP contribution in [0.3, 0.4) is 0 Å². The fraction of sp³-hybridized carbons (Fsp3) is 0.258. The summed E-state index contributed by atoms with van der Waals surface area (Å²) >= 11 is 1.22. The molecule has 4 aromatic rings. The zero-order valence-electron chi connectivity index (χ0n) is 22.7. The van der Waals surface area contributed by atoms with Gasteiger partial charge in [-0.2, -0.15) is 0 Å². The van der Waals surface area contributed by atoms with E-state index in [0.717, 1.165) is 32.1 Å². The van der Waals surface area contributed by atoms with Gasteiger partial charge in [-0.1, -0.05) is 53.8 Å². The first-order valence-electron chi connectivity index (χ1n) is 13.5. The molecule has 2 aromatic heterocycles. The van der Waals surface area contributed by atoms with E-state index in [4.69, 9.17) is 14.1 Å². The minimum atomic E-state index is -0.860. The molecule has 6 rings (SSSR count). The van der Waals surface area contributed by atoms with Crippen LogP contribution in [0.2, 0.25) is 0 Å². The molecule has 0 spiro atoms. The molecule has 0 bridgehead atoms. The van der Waals surface area contributed by atoms with Gasteiger partial charge in [-0.15, -0.1) is 0 Å². The monoisotopic (exact) mass is 572 g/mol. The van der Waals surface area contributed by atoms with E-state index in [1.54, 1.807) is 25.1 Å². The second-order valence-corrected chi connectivity index (χ2v) is 11.0. The van der Waals surface area contributed by atoms with Crippen LogP contribution in [0.4, 0.5) is 10.3 Å². The number of hydrogen-bond donors (Lipinski definition) is 0. The van der Waals surface area contributed by atoms with Crippen molar-refractivity contribution < 1.29 is 18.3 Å². The van der Waals surface area contributed by atoms with Crippen LogP contribution in [-0.2, 0) is 9.53 Å². The molecular weight excluding hydrogens is 543 g/mol. The minimum Gasteiger partial charge on any atom is -0.463 e. The summed E-state index contributed by atoms with van der Waals surface area (Å²) in [5, 5.41) is 0. The molecule has 1 fully saturated rings. The normalized spacial score (nSPS) is 17.9. The number of piperazine rings is 1. The lowest BCUT2D eigenvalue weighted by molar-refractivity contribution is -0.138. The van der Waals surface area contributed by atoms with Crippen LogP contribution in [0.5, 0.6) is 0 Å².